The number of amides is 1. The van der Waals surface area contributed by atoms with E-state index in [-0.39, 0.29) is 24.0 Å². The van der Waals surface area contributed by atoms with Crippen LogP contribution >= 0.6 is 0 Å². The summed E-state index contributed by atoms with van der Waals surface area (Å²) in [7, 11) is 0. The lowest BCUT2D eigenvalue weighted by Gasteiger charge is -2.30. The molecule has 2 heterocycles. The molecule has 19 heavy (non-hydrogen) atoms. The smallest absolute Gasteiger partial charge is 0.217 e. The summed E-state index contributed by atoms with van der Waals surface area (Å²) in [6, 6.07) is 6.25. The molecular weight excluding hydrogens is 240 g/mol. The molecule has 104 valence electrons. The van der Waals surface area contributed by atoms with E-state index in [0.29, 0.717) is 0 Å². The molecule has 3 atom stereocenters. The fraction of sp³-hybridized carbons (Fsp3) is 0.571. The second-order valence-electron chi connectivity index (χ2n) is 5.24. The van der Waals surface area contributed by atoms with Gasteiger partial charge in [-0.3, -0.25) is 14.7 Å². The number of likely N-dealkylation sites (tertiary alicyclic amines) is 1. The summed E-state index contributed by atoms with van der Waals surface area (Å²) in [4.78, 5) is 17.8. The number of nitrogens with two attached hydrogens (primary N) is 1. The first-order valence-corrected chi connectivity index (χ1v) is 6.75. The summed E-state index contributed by atoms with van der Waals surface area (Å²) in [6.07, 6.45) is 2.77. The molecule has 3 N–H and O–H groups in total. The molecule has 1 aromatic heterocycles. The van der Waals surface area contributed by atoms with Crippen molar-refractivity contribution in [2.75, 3.05) is 13.1 Å². The van der Waals surface area contributed by atoms with Crippen LogP contribution in [0.1, 0.15) is 32.0 Å². The zero-order valence-corrected chi connectivity index (χ0v) is 11.5. The first kappa shape index (κ1) is 14.0. The van der Waals surface area contributed by atoms with Crippen molar-refractivity contribution in [3.8, 4) is 0 Å². The van der Waals surface area contributed by atoms with E-state index in [1.54, 1.807) is 13.1 Å². The minimum atomic E-state index is 0.00554. The van der Waals surface area contributed by atoms with Gasteiger partial charge in [0.2, 0.25) is 5.91 Å². The Labute approximate surface area is 114 Å². The summed E-state index contributed by atoms with van der Waals surface area (Å²) in [6.45, 7) is 5.34. The Kier molecular flexibility index (Phi) is 4.50. The first-order valence-electron chi connectivity index (χ1n) is 6.75. The zero-order chi connectivity index (χ0) is 13.8. The zero-order valence-electron chi connectivity index (χ0n) is 11.5. The maximum absolute atomic E-state index is 11.1. The Morgan fingerprint density at radius 3 is 2.95 bits per heavy atom. The molecule has 1 amide bonds. The van der Waals surface area contributed by atoms with Crippen LogP contribution in [-0.4, -0.2) is 41.0 Å². The standard InChI is InChI=1S/C14H22N4O/c1-10(15)14(13-5-3-4-7-16-13)18-8-6-12(9-18)17-11(2)19/h3-5,7,10,12,14H,6,8-9,15H2,1-2H3,(H,17,19). The maximum Gasteiger partial charge on any atom is 0.217 e. The third-order valence-corrected chi connectivity index (χ3v) is 3.51. The Balaban J connectivity index is 2.08. The molecule has 1 aromatic rings. The highest BCUT2D eigenvalue weighted by atomic mass is 16.1. The molecule has 0 bridgehead atoms. The molecule has 1 aliphatic heterocycles. The molecule has 5 nitrogen and oxygen atoms in total. The van der Waals surface area contributed by atoms with Gasteiger partial charge in [-0.05, 0) is 25.5 Å². The van der Waals surface area contributed by atoms with Gasteiger partial charge < -0.3 is 11.1 Å². The van der Waals surface area contributed by atoms with Gasteiger partial charge in [-0.25, -0.2) is 0 Å². The number of carbonyl (C=O) groups is 1. The topological polar surface area (TPSA) is 71.2 Å². The van der Waals surface area contributed by atoms with E-state index in [2.05, 4.69) is 15.2 Å². The molecule has 3 unspecified atom stereocenters. The highest BCUT2D eigenvalue weighted by Gasteiger charge is 2.32. The van der Waals surface area contributed by atoms with Crippen LogP contribution in [0, 0.1) is 0 Å². The van der Waals surface area contributed by atoms with Gasteiger partial charge in [-0.2, -0.15) is 0 Å². The van der Waals surface area contributed by atoms with Crippen LogP contribution in [0.25, 0.3) is 0 Å². The predicted octanol–water partition coefficient (Wildman–Crippen LogP) is 0.680. The summed E-state index contributed by atoms with van der Waals surface area (Å²) < 4.78 is 0. The van der Waals surface area contributed by atoms with E-state index >= 15 is 0 Å². The van der Waals surface area contributed by atoms with Crippen molar-refractivity contribution in [1.29, 1.82) is 0 Å². The van der Waals surface area contributed by atoms with Crippen molar-refractivity contribution in [3.63, 3.8) is 0 Å². The Morgan fingerprint density at radius 2 is 2.37 bits per heavy atom. The van der Waals surface area contributed by atoms with Gasteiger partial charge in [0.15, 0.2) is 0 Å². The number of hydrogen-bond acceptors (Lipinski definition) is 4. The average Bonchev–Trinajstić information content (AvgIpc) is 2.77. The van der Waals surface area contributed by atoms with Crippen LogP contribution in [0.5, 0.6) is 0 Å². The van der Waals surface area contributed by atoms with E-state index in [1.165, 1.54) is 0 Å². The van der Waals surface area contributed by atoms with Gasteiger partial charge in [0, 0.05) is 38.3 Å². The van der Waals surface area contributed by atoms with E-state index in [4.69, 9.17) is 5.73 Å². The number of rotatable bonds is 4. The van der Waals surface area contributed by atoms with Crippen LogP contribution in [0.2, 0.25) is 0 Å². The van der Waals surface area contributed by atoms with Crippen molar-refractivity contribution < 1.29 is 4.79 Å². The third kappa shape index (κ3) is 3.52. The summed E-state index contributed by atoms with van der Waals surface area (Å²) in [5.41, 5.74) is 7.13. The molecule has 1 fully saturated rings. The van der Waals surface area contributed by atoms with Crippen LogP contribution in [0.3, 0.4) is 0 Å². The maximum atomic E-state index is 11.1. The Bertz CT molecular complexity index is 421. The molecule has 0 radical (unpaired) electrons. The van der Waals surface area contributed by atoms with Crippen molar-refractivity contribution in [2.24, 2.45) is 5.73 Å². The largest absolute Gasteiger partial charge is 0.352 e. The van der Waals surface area contributed by atoms with Gasteiger partial charge in [0.25, 0.3) is 0 Å². The molecule has 0 spiro atoms. The van der Waals surface area contributed by atoms with Gasteiger partial charge in [-0.1, -0.05) is 6.07 Å². The minimum absolute atomic E-state index is 0.00554. The van der Waals surface area contributed by atoms with Gasteiger partial charge in [-0.15, -0.1) is 0 Å². The highest BCUT2D eigenvalue weighted by molar-refractivity contribution is 5.73. The molecule has 1 saturated heterocycles. The number of aromatic nitrogens is 1. The van der Waals surface area contributed by atoms with Crippen LogP contribution in [-0.2, 0) is 4.79 Å². The van der Waals surface area contributed by atoms with Crippen LogP contribution in [0.4, 0.5) is 0 Å². The van der Waals surface area contributed by atoms with Crippen LogP contribution in [0.15, 0.2) is 24.4 Å². The quantitative estimate of drug-likeness (QED) is 0.837. The molecule has 5 heteroatoms. The Hall–Kier alpha value is -1.46. The van der Waals surface area contributed by atoms with E-state index in [9.17, 15) is 4.79 Å². The number of hydrogen-bond donors (Lipinski definition) is 2. The number of pyridine rings is 1. The minimum Gasteiger partial charge on any atom is -0.352 e. The number of nitrogens with one attached hydrogen (secondary N) is 1. The lowest BCUT2D eigenvalue weighted by atomic mass is 10.0. The molecule has 2 rings (SSSR count). The fourth-order valence-corrected chi connectivity index (χ4v) is 2.79. The third-order valence-electron chi connectivity index (χ3n) is 3.51. The average molecular weight is 262 g/mol. The second kappa shape index (κ2) is 6.12. The van der Waals surface area contributed by atoms with Crippen LogP contribution < -0.4 is 11.1 Å². The number of nitrogens with zero attached hydrogens (tertiary/aromatic N) is 2. The summed E-state index contributed by atoms with van der Waals surface area (Å²) in [5.74, 6) is 0.0297. The molecular formula is C14H22N4O. The SMILES string of the molecule is CC(=O)NC1CCN(C(c2ccccn2)C(C)N)C1. The van der Waals surface area contributed by atoms with Crippen molar-refractivity contribution >= 4 is 5.91 Å². The Morgan fingerprint density at radius 1 is 1.58 bits per heavy atom. The lowest BCUT2D eigenvalue weighted by Crippen LogP contribution is -2.41. The van der Waals surface area contributed by atoms with E-state index in [0.717, 1.165) is 25.2 Å². The van der Waals surface area contributed by atoms with Gasteiger partial charge >= 0.3 is 0 Å². The van der Waals surface area contributed by atoms with Crippen molar-refractivity contribution in [3.05, 3.63) is 30.1 Å². The molecule has 0 aliphatic carbocycles. The second-order valence-corrected chi connectivity index (χ2v) is 5.24. The predicted molar refractivity (Wildman–Crippen MR) is 74.4 cm³/mol. The molecule has 0 aromatic carbocycles. The summed E-state index contributed by atoms with van der Waals surface area (Å²) >= 11 is 0. The van der Waals surface area contributed by atoms with E-state index in [1.807, 2.05) is 25.1 Å². The van der Waals surface area contributed by atoms with Gasteiger partial charge in [0.1, 0.15) is 0 Å². The monoisotopic (exact) mass is 262 g/mol. The van der Waals surface area contributed by atoms with E-state index < -0.39 is 0 Å². The highest BCUT2D eigenvalue weighted by Crippen LogP contribution is 2.26. The van der Waals surface area contributed by atoms with Crippen molar-refractivity contribution in [2.45, 2.75) is 38.4 Å². The fourth-order valence-electron chi connectivity index (χ4n) is 2.79. The number of carbonyl (C=O) groups excluding carboxylic acids is 1. The molecule has 0 saturated carbocycles. The normalized spacial score (nSPS) is 23.0. The lowest BCUT2D eigenvalue weighted by molar-refractivity contribution is -0.119. The molecule has 1 aliphatic rings. The van der Waals surface area contributed by atoms with Crippen molar-refractivity contribution in [1.82, 2.24) is 15.2 Å². The van der Waals surface area contributed by atoms with Gasteiger partial charge in [0.05, 0.1) is 11.7 Å². The first-order chi connectivity index (χ1) is 9.08. The summed E-state index contributed by atoms with van der Waals surface area (Å²) in [5, 5.41) is 2.98.